The molecule has 5 nitrogen and oxygen atoms in total. The fraction of sp³-hybridized carbons (Fsp3) is 0.462. The molecular formula is C13H17ClFNO4S. The van der Waals surface area contributed by atoms with E-state index in [1.54, 1.807) is 0 Å². The first-order valence-electron chi connectivity index (χ1n) is 6.22. The zero-order chi connectivity index (χ0) is 16.4. The van der Waals surface area contributed by atoms with Crippen molar-refractivity contribution in [2.24, 2.45) is 5.41 Å². The van der Waals surface area contributed by atoms with Crippen molar-refractivity contribution < 1.29 is 22.7 Å². The van der Waals surface area contributed by atoms with Gasteiger partial charge in [-0.3, -0.25) is 0 Å². The van der Waals surface area contributed by atoms with Gasteiger partial charge in [0.15, 0.2) is 5.82 Å². The Labute approximate surface area is 128 Å². The average molecular weight is 338 g/mol. The van der Waals surface area contributed by atoms with Crippen molar-refractivity contribution in [2.75, 3.05) is 6.54 Å². The standard InChI is InChI=1S/C13H17ClFNO4S/c1-4-13(2,3)7-16-21(19,20)10-6-8(14)5-9(11(10)15)12(17)18/h5-6,16H,4,7H2,1-3H3,(H,17,18). The van der Waals surface area contributed by atoms with Crippen LogP contribution in [0.4, 0.5) is 4.39 Å². The van der Waals surface area contributed by atoms with Gasteiger partial charge in [-0.15, -0.1) is 0 Å². The lowest BCUT2D eigenvalue weighted by Crippen LogP contribution is -2.34. The Morgan fingerprint density at radius 2 is 2.00 bits per heavy atom. The molecule has 1 aromatic carbocycles. The van der Waals surface area contributed by atoms with Gasteiger partial charge in [0.1, 0.15) is 4.90 Å². The van der Waals surface area contributed by atoms with Crippen molar-refractivity contribution in [1.82, 2.24) is 4.72 Å². The number of carbonyl (C=O) groups is 1. The van der Waals surface area contributed by atoms with Crippen LogP contribution in [0.15, 0.2) is 17.0 Å². The third-order valence-corrected chi connectivity index (χ3v) is 4.84. The van der Waals surface area contributed by atoms with Crippen LogP contribution in [-0.4, -0.2) is 26.0 Å². The van der Waals surface area contributed by atoms with E-state index in [4.69, 9.17) is 16.7 Å². The van der Waals surface area contributed by atoms with E-state index in [2.05, 4.69) is 4.72 Å². The van der Waals surface area contributed by atoms with Crippen LogP contribution in [0.1, 0.15) is 37.6 Å². The monoisotopic (exact) mass is 337 g/mol. The van der Waals surface area contributed by atoms with Crippen LogP contribution in [0.3, 0.4) is 0 Å². The number of carboxylic acids is 1. The van der Waals surface area contributed by atoms with Crippen LogP contribution in [0, 0.1) is 11.2 Å². The molecule has 2 N–H and O–H groups in total. The second-order valence-electron chi connectivity index (χ2n) is 5.41. The first-order valence-corrected chi connectivity index (χ1v) is 8.08. The molecule has 0 aromatic heterocycles. The third-order valence-electron chi connectivity index (χ3n) is 3.22. The summed E-state index contributed by atoms with van der Waals surface area (Å²) in [6.07, 6.45) is 0.716. The SMILES string of the molecule is CCC(C)(C)CNS(=O)(=O)c1cc(Cl)cc(C(=O)O)c1F. The maximum Gasteiger partial charge on any atom is 0.338 e. The molecule has 0 amide bonds. The first kappa shape index (κ1) is 17.9. The number of sulfonamides is 1. The summed E-state index contributed by atoms with van der Waals surface area (Å²) in [4.78, 5) is 10.1. The fourth-order valence-corrected chi connectivity index (χ4v) is 3.06. The van der Waals surface area contributed by atoms with Crippen LogP contribution < -0.4 is 4.72 Å². The van der Waals surface area contributed by atoms with Gasteiger partial charge in [0.25, 0.3) is 0 Å². The summed E-state index contributed by atoms with van der Waals surface area (Å²) in [5.74, 6) is -2.91. The van der Waals surface area contributed by atoms with Gasteiger partial charge in [0, 0.05) is 11.6 Å². The molecule has 0 aliphatic heterocycles. The largest absolute Gasteiger partial charge is 0.478 e. The minimum atomic E-state index is -4.19. The van der Waals surface area contributed by atoms with Gasteiger partial charge in [-0.25, -0.2) is 22.3 Å². The van der Waals surface area contributed by atoms with Gasteiger partial charge in [-0.1, -0.05) is 32.4 Å². The molecule has 0 saturated carbocycles. The Morgan fingerprint density at radius 1 is 1.43 bits per heavy atom. The minimum Gasteiger partial charge on any atom is -0.478 e. The number of nitrogens with one attached hydrogen (secondary N) is 1. The second kappa shape index (κ2) is 6.29. The van der Waals surface area contributed by atoms with Crippen molar-refractivity contribution in [2.45, 2.75) is 32.1 Å². The predicted molar refractivity (Wildman–Crippen MR) is 77.6 cm³/mol. The lowest BCUT2D eigenvalue weighted by atomic mass is 9.91. The molecule has 118 valence electrons. The molecule has 8 heteroatoms. The summed E-state index contributed by atoms with van der Waals surface area (Å²) < 4.78 is 40.6. The Bertz CT molecular complexity index is 658. The van der Waals surface area contributed by atoms with Crippen molar-refractivity contribution in [1.29, 1.82) is 0 Å². The highest BCUT2D eigenvalue weighted by molar-refractivity contribution is 7.89. The summed E-state index contributed by atoms with van der Waals surface area (Å²) in [5, 5.41) is 8.70. The molecule has 0 heterocycles. The Morgan fingerprint density at radius 3 is 2.48 bits per heavy atom. The fourth-order valence-electron chi connectivity index (χ4n) is 1.41. The van der Waals surface area contributed by atoms with E-state index in [1.165, 1.54) is 0 Å². The molecule has 1 aromatic rings. The number of carboxylic acid groups (broad SMARTS) is 1. The molecule has 0 aliphatic rings. The normalized spacial score (nSPS) is 12.4. The van der Waals surface area contributed by atoms with Crippen molar-refractivity contribution in [3.05, 3.63) is 28.5 Å². The van der Waals surface area contributed by atoms with Gasteiger partial charge >= 0.3 is 5.97 Å². The number of hydrogen-bond donors (Lipinski definition) is 2. The first-order chi connectivity index (χ1) is 9.50. The third kappa shape index (κ3) is 4.39. The highest BCUT2D eigenvalue weighted by Crippen LogP contribution is 2.25. The summed E-state index contributed by atoms with van der Waals surface area (Å²) in [6.45, 7) is 5.70. The number of hydrogen-bond acceptors (Lipinski definition) is 3. The van der Waals surface area contributed by atoms with Crippen molar-refractivity contribution in [3.8, 4) is 0 Å². The minimum absolute atomic E-state index is 0.0974. The molecule has 21 heavy (non-hydrogen) atoms. The molecule has 1 rings (SSSR count). The van der Waals surface area contributed by atoms with Crippen LogP contribution in [0.5, 0.6) is 0 Å². The number of rotatable bonds is 6. The lowest BCUT2D eigenvalue weighted by Gasteiger charge is -2.23. The molecule has 0 atom stereocenters. The van der Waals surface area contributed by atoms with Gasteiger partial charge in [0.05, 0.1) is 5.56 Å². The molecule has 0 spiro atoms. The summed E-state index contributed by atoms with van der Waals surface area (Å²) >= 11 is 5.67. The van der Waals surface area contributed by atoms with Crippen LogP contribution in [0.25, 0.3) is 0 Å². The van der Waals surface area contributed by atoms with Crippen molar-refractivity contribution in [3.63, 3.8) is 0 Å². The number of benzene rings is 1. The summed E-state index contributed by atoms with van der Waals surface area (Å²) in [6, 6.07) is 1.76. The quantitative estimate of drug-likeness (QED) is 0.836. The van der Waals surface area contributed by atoms with E-state index in [1.807, 2.05) is 20.8 Å². The maximum absolute atomic E-state index is 14.0. The van der Waals surface area contributed by atoms with E-state index in [9.17, 15) is 17.6 Å². The topological polar surface area (TPSA) is 83.5 Å². The Balaban J connectivity index is 3.23. The van der Waals surface area contributed by atoms with E-state index >= 15 is 0 Å². The number of aromatic carboxylic acids is 1. The number of halogens is 2. The highest BCUT2D eigenvalue weighted by Gasteiger charge is 2.27. The van der Waals surface area contributed by atoms with Crippen LogP contribution in [-0.2, 0) is 10.0 Å². The summed E-state index contributed by atoms with van der Waals surface area (Å²) in [5.41, 5.74) is -1.09. The maximum atomic E-state index is 14.0. The van der Waals surface area contributed by atoms with E-state index in [0.29, 0.717) is 6.42 Å². The van der Waals surface area contributed by atoms with Gasteiger partial charge in [-0.05, 0) is 24.0 Å². The molecule has 0 saturated heterocycles. The van der Waals surface area contributed by atoms with Gasteiger partial charge in [-0.2, -0.15) is 0 Å². The molecule has 0 unspecified atom stereocenters. The van der Waals surface area contributed by atoms with E-state index in [0.717, 1.165) is 12.1 Å². The van der Waals surface area contributed by atoms with E-state index in [-0.39, 0.29) is 17.0 Å². The molecule has 0 fully saturated rings. The van der Waals surface area contributed by atoms with Crippen molar-refractivity contribution >= 4 is 27.6 Å². The molecule has 0 bridgehead atoms. The lowest BCUT2D eigenvalue weighted by molar-refractivity contribution is 0.0691. The zero-order valence-corrected chi connectivity index (χ0v) is 13.5. The van der Waals surface area contributed by atoms with Gasteiger partial charge < -0.3 is 5.11 Å². The second-order valence-corrected chi connectivity index (χ2v) is 7.58. The van der Waals surface area contributed by atoms with Crippen LogP contribution in [0.2, 0.25) is 5.02 Å². The average Bonchev–Trinajstić information content (AvgIpc) is 2.38. The predicted octanol–water partition coefficient (Wildman–Crippen LogP) is 2.89. The molecular weight excluding hydrogens is 321 g/mol. The molecule has 0 radical (unpaired) electrons. The molecule has 0 aliphatic carbocycles. The zero-order valence-electron chi connectivity index (χ0n) is 11.9. The Kier molecular flexibility index (Phi) is 5.35. The van der Waals surface area contributed by atoms with E-state index < -0.39 is 32.3 Å². The Hall–Kier alpha value is -1.18. The van der Waals surface area contributed by atoms with Crippen LogP contribution >= 0.6 is 11.6 Å². The summed E-state index contributed by atoms with van der Waals surface area (Å²) in [7, 11) is -4.19. The smallest absolute Gasteiger partial charge is 0.338 e. The highest BCUT2D eigenvalue weighted by atomic mass is 35.5. The van der Waals surface area contributed by atoms with Gasteiger partial charge in [0.2, 0.25) is 10.0 Å².